The van der Waals surface area contributed by atoms with Crippen LogP contribution >= 0.6 is 0 Å². The first-order valence-electron chi connectivity index (χ1n) is 13.4. The largest absolute Gasteiger partial charge is 0.300 e. The molecule has 0 aromatic heterocycles. The molecule has 8 bridgehead atoms. The number of nitrogens with zero attached hydrogens (tertiary/aromatic N) is 6. The lowest BCUT2D eigenvalue weighted by Gasteiger charge is -2.52. The Morgan fingerprint density at radius 3 is 1.22 bits per heavy atom. The summed E-state index contributed by atoms with van der Waals surface area (Å²) in [5, 5.41) is 10.7. The van der Waals surface area contributed by atoms with Crippen LogP contribution in [0.1, 0.15) is 40.5 Å². The predicted molar refractivity (Wildman–Crippen MR) is 131 cm³/mol. The summed E-state index contributed by atoms with van der Waals surface area (Å²) < 4.78 is 0. The van der Waals surface area contributed by atoms with Crippen molar-refractivity contribution >= 4 is 11.4 Å². The first-order chi connectivity index (χ1) is 15.3. The number of hydrogen-bond acceptors (Lipinski definition) is 6. The third kappa shape index (κ3) is 3.60. The Morgan fingerprint density at radius 1 is 0.625 bits per heavy atom. The third-order valence-electron chi connectivity index (χ3n) is 9.21. The van der Waals surface area contributed by atoms with Crippen molar-refractivity contribution in [2.75, 3.05) is 78.5 Å². The summed E-state index contributed by atoms with van der Waals surface area (Å²) in [6.07, 6.45) is 2.50. The van der Waals surface area contributed by atoms with Gasteiger partial charge in [0.15, 0.2) is 0 Å². The Hall–Kier alpha value is -0.820. The molecule has 178 valence electrons. The zero-order valence-electron chi connectivity index (χ0n) is 20.9. The van der Waals surface area contributed by atoms with Crippen molar-refractivity contribution in [3.05, 3.63) is 0 Å². The van der Waals surface area contributed by atoms with Gasteiger partial charge in [-0.2, -0.15) is 10.2 Å². The van der Waals surface area contributed by atoms with Crippen LogP contribution in [0.25, 0.3) is 0 Å². The SMILES string of the molecule is CC(C)CC12CN3CCN(CC(C3)/C1=N/N=C1\C3CN4CCN(C3)CC1(CC(C)C)C4)C2. The lowest BCUT2D eigenvalue weighted by molar-refractivity contribution is 0.0980. The van der Waals surface area contributed by atoms with Gasteiger partial charge in [-0.05, 0) is 24.7 Å². The fourth-order valence-corrected chi connectivity index (χ4v) is 8.73. The van der Waals surface area contributed by atoms with Gasteiger partial charge in [0.25, 0.3) is 0 Å². The summed E-state index contributed by atoms with van der Waals surface area (Å²) in [6.45, 7) is 24.1. The molecule has 0 N–H and O–H groups in total. The van der Waals surface area contributed by atoms with Crippen molar-refractivity contribution in [1.29, 1.82) is 0 Å². The highest BCUT2D eigenvalue weighted by atomic mass is 15.3. The Morgan fingerprint density at radius 2 is 0.938 bits per heavy atom. The van der Waals surface area contributed by atoms with E-state index in [9.17, 15) is 0 Å². The van der Waals surface area contributed by atoms with Crippen LogP contribution in [0.15, 0.2) is 10.2 Å². The van der Waals surface area contributed by atoms with Crippen LogP contribution in [-0.2, 0) is 0 Å². The van der Waals surface area contributed by atoms with Gasteiger partial charge in [0, 0.05) is 101 Å². The molecule has 0 saturated carbocycles. The first kappa shape index (κ1) is 21.7. The third-order valence-corrected chi connectivity index (χ3v) is 9.21. The van der Waals surface area contributed by atoms with Crippen molar-refractivity contribution in [2.45, 2.75) is 40.5 Å². The van der Waals surface area contributed by atoms with Crippen molar-refractivity contribution in [2.24, 2.45) is 44.7 Å². The maximum absolute atomic E-state index is 5.33. The predicted octanol–water partition coefficient (Wildman–Crippen LogP) is 2.37. The van der Waals surface area contributed by atoms with Crippen molar-refractivity contribution in [3.63, 3.8) is 0 Å². The first-order valence-corrected chi connectivity index (χ1v) is 13.4. The zero-order valence-corrected chi connectivity index (χ0v) is 20.9. The molecule has 8 heterocycles. The molecular weight excluding hydrogens is 396 g/mol. The number of hydrogen-bond donors (Lipinski definition) is 0. The lowest BCUT2D eigenvalue weighted by atomic mass is 9.66. The fraction of sp³-hybridized carbons (Fsp3) is 0.923. The molecule has 6 nitrogen and oxygen atoms in total. The number of rotatable bonds is 5. The highest BCUT2D eigenvalue weighted by molar-refractivity contribution is 5.98. The van der Waals surface area contributed by atoms with Crippen LogP contribution in [0.2, 0.25) is 0 Å². The van der Waals surface area contributed by atoms with E-state index in [-0.39, 0.29) is 10.8 Å². The van der Waals surface area contributed by atoms with Crippen LogP contribution in [0.5, 0.6) is 0 Å². The van der Waals surface area contributed by atoms with E-state index in [1.165, 1.54) is 103 Å². The van der Waals surface area contributed by atoms with Gasteiger partial charge in [-0.1, -0.05) is 27.7 Å². The van der Waals surface area contributed by atoms with Crippen molar-refractivity contribution in [3.8, 4) is 0 Å². The van der Waals surface area contributed by atoms with E-state index < -0.39 is 0 Å². The van der Waals surface area contributed by atoms with Gasteiger partial charge in [-0.25, -0.2) is 0 Å². The monoisotopic (exact) mass is 440 g/mol. The van der Waals surface area contributed by atoms with Gasteiger partial charge in [0.05, 0.1) is 11.4 Å². The van der Waals surface area contributed by atoms with E-state index >= 15 is 0 Å². The van der Waals surface area contributed by atoms with Gasteiger partial charge in [-0.3, -0.25) is 0 Å². The van der Waals surface area contributed by atoms with Crippen LogP contribution in [-0.4, -0.2) is 110 Å². The molecule has 0 spiro atoms. The van der Waals surface area contributed by atoms with E-state index in [4.69, 9.17) is 10.2 Å². The standard InChI is InChI=1S/C26H44N6/c1-19(2)9-25-15-29-5-6-30(16-25)12-21(11-29)23(25)27-28-24-22-13-31-7-8-32(14-22)18-26(24,17-31)10-20(3)4/h19-22H,5-18H2,1-4H3/b27-23-,28-24+. The Kier molecular flexibility index (Phi) is 5.33. The van der Waals surface area contributed by atoms with Crippen LogP contribution in [0, 0.1) is 34.5 Å². The number of fused-ring (bicyclic) bond motifs is 2. The molecule has 8 saturated heterocycles. The maximum atomic E-state index is 5.33. The highest BCUT2D eigenvalue weighted by Gasteiger charge is 2.54. The molecule has 0 aromatic rings. The zero-order chi connectivity index (χ0) is 22.1. The molecule has 8 rings (SSSR count). The van der Waals surface area contributed by atoms with E-state index in [2.05, 4.69) is 47.3 Å². The molecule has 8 aliphatic rings. The summed E-state index contributed by atoms with van der Waals surface area (Å²) in [4.78, 5) is 10.9. The van der Waals surface area contributed by atoms with E-state index in [1.807, 2.05) is 0 Å². The second kappa shape index (κ2) is 7.86. The summed E-state index contributed by atoms with van der Waals surface area (Å²) in [5.74, 6) is 2.56. The van der Waals surface area contributed by atoms with Crippen molar-refractivity contribution in [1.82, 2.24) is 19.6 Å². The van der Waals surface area contributed by atoms with Crippen LogP contribution < -0.4 is 0 Å². The molecule has 6 heteroatoms. The summed E-state index contributed by atoms with van der Waals surface area (Å²) in [7, 11) is 0. The maximum Gasteiger partial charge on any atom is 0.0549 e. The molecule has 0 aromatic carbocycles. The average Bonchev–Trinajstić information content (AvgIpc) is 3.06. The van der Waals surface area contributed by atoms with Gasteiger partial charge >= 0.3 is 0 Å². The Bertz CT molecular complexity index is 702. The fourth-order valence-electron chi connectivity index (χ4n) is 8.73. The molecular formula is C26H44N6. The molecule has 4 unspecified atom stereocenters. The smallest absolute Gasteiger partial charge is 0.0549 e. The molecule has 0 amide bonds. The Balaban J connectivity index is 1.39. The average molecular weight is 441 g/mol. The molecule has 8 fully saturated rings. The number of piperidine rings is 4. The summed E-state index contributed by atoms with van der Waals surface area (Å²) in [5.41, 5.74) is 3.38. The Labute approximate surface area is 195 Å². The van der Waals surface area contributed by atoms with E-state index in [0.29, 0.717) is 23.7 Å². The topological polar surface area (TPSA) is 37.7 Å². The van der Waals surface area contributed by atoms with Gasteiger partial charge in [-0.15, -0.1) is 0 Å². The second-order valence-corrected chi connectivity index (χ2v) is 13.1. The van der Waals surface area contributed by atoms with Crippen molar-refractivity contribution < 1.29 is 0 Å². The van der Waals surface area contributed by atoms with Gasteiger partial charge in [0.1, 0.15) is 0 Å². The minimum Gasteiger partial charge on any atom is -0.300 e. The molecule has 32 heavy (non-hydrogen) atoms. The van der Waals surface area contributed by atoms with Crippen LogP contribution in [0.3, 0.4) is 0 Å². The van der Waals surface area contributed by atoms with Crippen LogP contribution in [0.4, 0.5) is 0 Å². The summed E-state index contributed by atoms with van der Waals surface area (Å²) in [6, 6.07) is 0. The normalized spacial score (nSPS) is 49.6. The second-order valence-electron chi connectivity index (χ2n) is 13.1. The van der Waals surface area contributed by atoms with E-state index in [1.54, 1.807) is 0 Å². The summed E-state index contributed by atoms with van der Waals surface area (Å²) >= 11 is 0. The van der Waals surface area contributed by atoms with Gasteiger partial charge < -0.3 is 19.6 Å². The molecule has 4 atom stereocenters. The minimum absolute atomic E-state index is 0.219. The molecule has 0 radical (unpaired) electrons. The van der Waals surface area contributed by atoms with E-state index in [0.717, 1.165) is 0 Å². The lowest BCUT2D eigenvalue weighted by Crippen LogP contribution is -2.62. The quantitative estimate of drug-likeness (QED) is 0.615. The molecule has 0 aliphatic carbocycles. The van der Waals surface area contributed by atoms with Gasteiger partial charge in [0.2, 0.25) is 0 Å². The highest BCUT2D eigenvalue weighted by Crippen LogP contribution is 2.45. The minimum atomic E-state index is 0.219. The molecule has 8 aliphatic heterocycles.